The van der Waals surface area contributed by atoms with Gasteiger partial charge in [-0.25, -0.2) is 0 Å². The van der Waals surface area contributed by atoms with Crippen LogP contribution in [0.25, 0.3) is 0 Å². The monoisotopic (exact) mass is 511 g/mol. The minimum Gasteiger partial charge on any atom is -0.412 e. The van der Waals surface area contributed by atoms with Crippen molar-refractivity contribution in [3.8, 4) is 0 Å². The van der Waals surface area contributed by atoms with Gasteiger partial charge in [0.25, 0.3) is 0 Å². The first kappa shape index (κ1) is 26.2. The number of nitrogens with zero attached hydrogens (tertiary/aromatic N) is 2. The third-order valence-corrected chi connectivity index (χ3v) is 8.09. The molecule has 0 bridgehead atoms. The third-order valence-electron chi connectivity index (χ3n) is 3.38. The van der Waals surface area contributed by atoms with Gasteiger partial charge in [0.2, 0.25) is 0 Å². The molecule has 0 saturated heterocycles. The van der Waals surface area contributed by atoms with E-state index < -0.39 is 17.9 Å². The van der Waals surface area contributed by atoms with Crippen LogP contribution in [0.2, 0.25) is 0 Å². The molecule has 32 heavy (non-hydrogen) atoms. The van der Waals surface area contributed by atoms with E-state index in [1.807, 2.05) is 24.3 Å². The van der Waals surface area contributed by atoms with E-state index in [4.69, 9.17) is 14.9 Å². The van der Waals surface area contributed by atoms with Gasteiger partial charge in [0, 0.05) is 52.5 Å². The van der Waals surface area contributed by atoms with E-state index in [0.717, 1.165) is 9.79 Å². The second kappa shape index (κ2) is 15.7. The number of aromatic nitrogens is 2. The first-order valence-corrected chi connectivity index (χ1v) is 14.1. The lowest BCUT2D eigenvalue weighted by molar-refractivity contribution is -0.159. The summed E-state index contributed by atoms with van der Waals surface area (Å²) in [4.78, 5) is 45.2. The molecule has 2 rings (SSSR count). The van der Waals surface area contributed by atoms with Crippen molar-refractivity contribution in [1.82, 2.24) is 9.97 Å². The predicted octanol–water partition coefficient (Wildman–Crippen LogP) is 4.81. The van der Waals surface area contributed by atoms with Crippen molar-refractivity contribution in [1.29, 1.82) is 5.41 Å². The van der Waals surface area contributed by atoms with Gasteiger partial charge < -0.3 is 9.47 Å². The zero-order chi connectivity index (χ0) is 23.0. The highest BCUT2D eigenvalue weighted by Gasteiger charge is 2.14. The van der Waals surface area contributed by atoms with Gasteiger partial charge in [-0.15, -0.1) is 0 Å². The third kappa shape index (κ3) is 12.1. The number of pyridine rings is 2. The first-order valence-electron chi connectivity index (χ1n) is 9.43. The number of carbonyl (C=O) groups is 3. The van der Waals surface area contributed by atoms with E-state index in [2.05, 4.69) is 9.97 Å². The maximum atomic E-state index is 11.8. The highest BCUT2D eigenvalue weighted by Crippen LogP contribution is 2.31. The van der Waals surface area contributed by atoms with E-state index in [9.17, 15) is 14.4 Å². The second-order valence-electron chi connectivity index (χ2n) is 5.93. The molecule has 0 amide bonds. The molecular weight excluding hydrogens is 491 g/mol. The molecule has 0 radical (unpaired) electrons. The Bertz CT molecular complexity index is 814. The fraction of sp³-hybridized carbons (Fsp3) is 0.300. The van der Waals surface area contributed by atoms with Crippen molar-refractivity contribution in [2.75, 3.05) is 11.5 Å². The number of hydrogen-bond acceptors (Lipinski definition) is 12. The molecule has 1 N–H and O–H groups in total. The zero-order valence-electron chi connectivity index (χ0n) is 16.9. The molecule has 0 spiro atoms. The van der Waals surface area contributed by atoms with Gasteiger partial charge in [0.05, 0.1) is 19.3 Å². The summed E-state index contributed by atoms with van der Waals surface area (Å²) in [5.74, 6) is -1.24. The number of hydrogen-bond donors (Lipinski definition) is 1. The van der Waals surface area contributed by atoms with Crippen LogP contribution in [0.1, 0.15) is 25.7 Å². The van der Waals surface area contributed by atoms with Gasteiger partial charge in [0.1, 0.15) is 0 Å². The summed E-state index contributed by atoms with van der Waals surface area (Å²) in [7, 11) is 5.93. The summed E-state index contributed by atoms with van der Waals surface area (Å²) in [5, 5.41) is 7.66. The van der Waals surface area contributed by atoms with Crippen LogP contribution in [-0.4, -0.2) is 45.3 Å². The van der Waals surface area contributed by atoms with Crippen molar-refractivity contribution in [2.24, 2.45) is 0 Å². The summed E-state index contributed by atoms with van der Waals surface area (Å²) in [6.07, 6.45) is 6.73. The second-order valence-corrected chi connectivity index (χ2v) is 10.9. The molecule has 170 valence electrons. The van der Waals surface area contributed by atoms with Crippen molar-refractivity contribution in [3.63, 3.8) is 0 Å². The Morgan fingerprint density at radius 3 is 1.75 bits per heavy atom. The lowest BCUT2D eigenvalue weighted by Gasteiger charge is -2.06. The van der Waals surface area contributed by atoms with Crippen LogP contribution in [-0.2, 0) is 23.9 Å². The van der Waals surface area contributed by atoms with Crippen molar-refractivity contribution in [3.05, 3.63) is 49.1 Å². The van der Waals surface area contributed by atoms with Crippen LogP contribution in [0.4, 0.5) is 0 Å². The van der Waals surface area contributed by atoms with Gasteiger partial charge in [-0.2, -0.15) is 0 Å². The standard InChI is InChI=1S/C20H21N3O5S4/c21-17(27-19(25)7-11-29-31-15-3-1-9-22-13-15)5-6-18(24)28-20(26)8-12-30-32-16-4-2-10-23-14-16/h1-4,9-10,13-14,21H,5-8,11-12H2. The van der Waals surface area contributed by atoms with Crippen LogP contribution < -0.4 is 0 Å². The zero-order valence-corrected chi connectivity index (χ0v) is 20.2. The molecule has 0 aliphatic rings. The highest BCUT2D eigenvalue weighted by atomic mass is 33.1. The summed E-state index contributed by atoms with van der Waals surface area (Å²) in [6.45, 7) is 0. The predicted molar refractivity (Wildman–Crippen MR) is 128 cm³/mol. The minimum atomic E-state index is -0.746. The van der Waals surface area contributed by atoms with E-state index in [0.29, 0.717) is 11.5 Å². The van der Waals surface area contributed by atoms with Crippen molar-refractivity contribution < 1.29 is 23.9 Å². The number of carbonyl (C=O) groups excluding carboxylic acids is 3. The van der Waals surface area contributed by atoms with Gasteiger partial charge >= 0.3 is 17.9 Å². The number of esters is 3. The Morgan fingerprint density at radius 1 is 0.750 bits per heavy atom. The molecule has 12 heteroatoms. The van der Waals surface area contributed by atoms with Gasteiger partial charge in [-0.05, 0) is 24.3 Å². The fourth-order valence-electron chi connectivity index (χ4n) is 1.95. The first-order chi connectivity index (χ1) is 15.5. The lowest BCUT2D eigenvalue weighted by atomic mass is 10.3. The molecule has 8 nitrogen and oxygen atoms in total. The normalized spacial score (nSPS) is 10.4. The Morgan fingerprint density at radius 2 is 1.25 bits per heavy atom. The maximum absolute atomic E-state index is 11.8. The van der Waals surface area contributed by atoms with Gasteiger partial charge in [-0.1, -0.05) is 43.2 Å². The SMILES string of the molecule is N=C(CCC(=O)OC(=O)CCSSc1cccnc1)OC(=O)CCSSc1cccnc1. The highest BCUT2D eigenvalue weighted by molar-refractivity contribution is 8.77. The molecule has 0 aromatic carbocycles. The Labute approximate surface area is 201 Å². The molecular formula is C20H21N3O5S4. The molecule has 2 aromatic heterocycles. The van der Waals surface area contributed by atoms with Gasteiger partial charge in [-0.3, -0.25) is 29.8 Å². The van der Waals surface area contributed by atoms with E-state index in [-0.39, 0.29) is 31.6 Å². The average molecular weight is 512 g/mol. The molecule has 0 atom stereocenters. The van der Waals surface area contributed by atoms with E-state index in [1.54, 1.807) is 24.8 Å². The molecule has 0 aliphatic carbocycles. The number of nitrogens with one attached hydrogen (secondary N) is 1. The van der Waals surface area contributed by atoms with Crippen LogP contribution in [0, 0.1) is 5.41 Å². The quantitative estimate of drug-likeness (QED) is 0.0996. The molecule has 0 saturated carbocycles. The van der Waals surface area contributed by atoms with E-state index in [1.165, 1.54) is 43.2 Å². The Hall–Kier alpha value is -2.02. The summed E-state index contributed by atoms with van der Waals surface area (Å²) in [6, 6.07) is 7.49. The molecule has 0 fully saturated rings. The van der Waals surface area contributed by atoms with E-state index >= 15 is 0 Å². The largest absolute Gasteiger partial charge is 0.412 e. The molecule has 0 unspecified atom stereocenters. The Kier molecular flexibility index (Phi) is 12.9. The van der Waals surface area contributed by atoms with Crippen LogP contribution >= 0.6 is 43.2 Å². The van der Waals surface area contributed by atoms with Crippen LogP contribution in [0.5, 0.6) is 0 Å². The average Bonchev–Trinajstić information content (AvgIpc) is 2.79. The number of rotatable bonds is 13. The molecule has 2 heterocycles. The van der Waals surface area contributed by atoms with Crippen molar-refractivity contribution in [2.45, 2.75) is 35.5 Å². The van der Waals surface area contributed by atoms with Crippen LogP contribution in [0.3, 0.4) is 0 Å². The Balaban J connectivity index is 1.49. The van der Waals surface area contributed by atoms with Gasteiger partial charge in [0.15, 0.2) is 5.90 Å². The summed E-state index contributed by atoms with van der Waals surface area (Å²) in [5.41, 5.74) is 0. The topological polar surface area (TPSA) is 119 Å². The smallest absolute Gasteiger partial charge is 0.314 e. The molecule has 0 aliphatic heterocycles. The minimum absolute atomic E-state index is 0.0881. The summed E-state index contributed by atoms with van der Waals surface area (Å²) >= 11 is 0. The fourth-order valence-corrected chi connectivity index (χ4v) is 5.77. The summed E-state index contributed by atoms with van der Waals surface area (Å²) < 4.78 is 9.60. The maximum Gasteiger partial charge on any atom is 0.314 e. The van der Waals surface area contributed by atoms with Crippen LogP contribution in [0.15, 0.2) is 58.8 Å². The number of ether oxygens (including phenoxy) is 2. The lowest BCUT2D eigenvalue weighted by Crippen LogP contribution is -2.16. The molecule has 2 aromatic rings. The van der Waals surface area contributed by atoms with Crippen molar-refractivity contribution >= 4 is 67.0 Å².